The minimum Gasteiger partial charge on any atom is -0.477 e. The predicted octanol–water partition coefficient (Wildman–Crippen LogP) is 3.23. The number of hydrogen-bond acceptors (Lipinski definition) is 4. The van der Waals surface area contributed by atoms with Gasteiger partial charge in [-0.15, -0.1) is 11.3 Å². The Morgan fingerprint density at radius 3 is 2.76 bits per heavy atom. The number of carbonyl (C=O) groups is 1. The van der Waals surface area contributed by atoms with E-state index in [0.717, 1.165) is 15.8 Å². The monoisotopic (exact) mass is 312 g/mol. The highest BCUT2D eigenvalue weighted by molar-refractivity contribution is 9.10. The van der Waals surface area contributed by atoms with Crippen LogP contribution in [0.5, 0.6) is 0 Å². The van der Waals surface area contributed by atoms with E-state index in [1.807, 2.05) is 19.1 Å². The summed E-state index contributed by atoms with van der Waals surface area (Å²) in [4.78, 5) is 19.8. The molecule has 17 heavy (non-hydrogen) atoms. The van der Waals surface area contributed by atoms with Gasteiger partial charge in [0.05, 0.1) is 11.4 Å². The van der Waals surface area contributed by atoms with E-state index in [-0.39, 0.29) is 0 Å². The van der Waals surface area contributed by atoms with Crippen LogP contribution in [0.2, 0.25) is 0 Å². The molecule has 0 atom stereocenters. The molecule has 88 valence electrons. The Hall–Kier alpha value is -1.27. The summed E-state index contributed by atoms with van der Waals surface area (Å²) in [5.41, 5.74) is 1.31. The summed E-state index contributed by atoms with van der Waals surface area (Å²) in [5.74, 6) is -0.928. The lowest BCUT2D eigenvalue weighted by atomic mass is 10.3. The Labute approximate surface area is 110 Å². The Morgan fingerprint density at radius 2 is 2.29 bits per heavy atom. The molecule has 0 saturated heterocycles. The van der Waals surface area contributed by atoms with Gasteiger partial charge in [-0.1, -0.05) is 6.92 Å². The molecule has 0 aliphatic heterocycles. The van der Waals surface area contributed by atoms with Crippen molar-refractivity contribution in [3.63, 3.8) is 0 Å². The zero-order valence-corrected chi connectivity index (χ0v) is 11.4. The third-order valence-electron chi connectivity index (χ3n) is 2.17. The Kier molecular flexibility index (Phi) is 3.54. The molecule has 0 bridgehead atoms. The highest BCUT2D eigenvalue weighted by Gasteiger charge is 2.17. The van der Waals surface area contributed by atoms with Crippen LogP contribution in [-0.4, -0.2) is 21.0 Å². The first-order valence-corrected chi connectivity index (χ1v) is 6.57. The molecule has 2 aromatic heterocycles. The van der Waals surface area contributed by atoms with E-state index in [1.165, 1.54) is 0 Å². The Balaban J connectivity index is 2.46. The predicted molar refractivity (Wildman–Crippen MR) is 69.4 cm³/mol. The van der Waals surface area contributed by atoms with Crippen LogP contribution in [0.15, 0.2) is 22.8 Å². The highest BCUT2D eigenvalue weighted by Crippen LogP contribution is 2.27. The second kappa shape index (κ2) is 4.93. The van der Waals surface area contributed by atoms with E-state index >= 15 is 0 Å². The van der Waals surface area contributed by atoms with Crippen LogP contribution in [0.4, 0.5) is 0 Å². The summed E-state index contributed by atoms with van der Waals surface area (Å²) in [6, 6.07) is 3.67. The number of nitrogens with zero attached hydrogens (tertiary/aromatic N) is 2. The average Bonchev–Trinajstić information content (AvgIpc) is 2.74. The van der Waals surface area contributed by atoms with Gasteiger partial charge in [-0.2, -0.15) is 0 Å². The van der Waals surface area contributed by atoms with E-state index < -0.39 is 5.97 Å². The molecule has 0 aliphatic carbocycles. The fourth-order valence-electron chi connectivity index (χ4n) is 1.37. The molecule has 0 amide bonds. The normalized spacial score (nSPS) is 10.5. The van der Waals surface area contributed by atoms with Crippen LogP contribution >= 0.6 is 27.3 Å². The molecule has 0 aromatic carbocycles. The van der Waals surface area contributed by atoms with Crippen molar-refractivity contribution < 1.29 is 9.90 Å². The third kappa shape index (κ3) is 2.53. The summed E-state index contributed by atoms with van der Waals surface area (Å²) < 4.78 is 0.881. The number of aromatic nitrogens is 2. The number of hydrogen-bond donors (Lipinski definition) is 1. The van der Waals surface area contributed by atoms with Gasteiger partial charge in [-0.25, -0.2) is 9.78 Å². The van der Waals surface area contributed by atoms with E-state index in [4.69, 9.17) is 5.11 Å². The van der Waals surface area contributed by atoms with Crippen molar-refractivity contribution in [1.29, 1.82) is 0 Å². The number of aryl methyl sites for hydroxylation is 1. The van der Waals surface area contributed by atoms with Crippen molar-refractivity contribution in [3.8, 4) is 10.7 Å². The summed E-state index contributed by atoms with van der Waals surface area (Å²) in [6.45, 7) is 1.89. The number of carboxylic acids is 1. The van der Waals surface area contributed by atoms with E-state index in [9.17, 15) is 4.79 Å². The maximum Gasteiger partial charge on any atom is 0.347 e. The molecule has 0 radical (unpaired) electrons. The van der Waals surface area contributed by atoms with Gasteiger partial charge in [0.15, 0.2) is 0 Å². The number of rotatable bonds is 3. The van der Waals surface area contributed by atoms with Gasteiger partial charge < -0.3 is 5.11 Å². The van der Waals surface area contributed by atoms with Gasteiger partial charge in [0, 0.05) is 10.7 Å². The molecule has 1 N–H and O–H groups in total. The summed E-state index contributed by atoms with van der Waals surface area (Å²) in [7, 11) is 0. The number of thiazole rings is 1. The van der Waals surface area contributed by atoms with Crippen LogP contribution in [0.25, 0.3) is 10.7 Å². The van der Waals surface area contributed by atoms with Gasteiger partial charge in [0.2, 0.25) is 0 Å². The summed E-state index contributed by atoms with van der Waals surface area (Å²) >= 11 is 4.46. The maximum absolute atomic E-state index is 11.0. The van der Waals surface area contributed by atoms with E-state index in [1.54, 1.807) is 6.20 Å². The minimum absolute atomic E-state index is 0.298. The Morgan fingerprint density at radius 1 is 1.53 bits per heavy atom. The van der Waals surface area contributed by atoms with Crippen LogP contribution in [0.3, 0.4) is 0 Å². The molecule has 0 unspecified atom stereocenters. The minimum atomic E-state index is -0.928. The first-order chi connectivity index (χ1) is 8.11. The van der Waals surface area contributed by atoms with Crippen molar-refractivity contribution in [3.05, 3.63) is 33.4 Å². The zero-order chi connectivity index (χ0) is 12.4. The lowest BCUT2D eigenvalue weighted by Crippen LogP contribution is -1.97. The van der Waals surface area contributed by atoms with E-state index in [0.29, 0.717) is 27.7 Å². The molecule has 4 nitrogen and oxygen atoms in total. The quantitative estimate of drug-likeness (QED) is 0.945. The fourth-order valence-corrected chi connectivity index (χ4v) is 2.57. The van der Waals surface area contributed by atoms with Crippen molar-refractivity contribution in [2.45, 2.75) is 13.3 Å². The van der Waals surface area contributed by atoms with Crippen molar-refractivity contribution >= 4 is 33.2 Å². The molecule has 2 aromatic rings. The number of carboxylic acid groups (broad SMARTS) is 1. The largest absolute Gasteiger partial charge is 0.477 e. The summed E-state index contributed by atoms with van der Waals surface area (Å²) in [6.07, 6.45) is 2.28. The van der Waals surface area contributed by atoms with Crippen LogP contribution < -0.4 is 0 Å². The fraction of sp³-hybridized carbons (Fsp3) is 0.182. The van der Waals surface area contributed by atoms with Crippen LogP contribution in [0.1, 0.15) is 22.3 Å². The molecule has 0 spiro atoms. The number of aromatic carboxylic acids is 1. The number of pyridine rings is 1. The molecular weight excluding hydrogens is 304 g/mol. The van der Waals surface area contributed by atoms with Crippen LogP contribution in [0, 0.1) is 0 Å². The van der Waals surface area contributed by atoms with Crippen LogP contribution in [-0.2, 0) is 6.42 Å². The first kappa shape index (κ1) is 12.2. The first-order valence-electron chi connectivity index (χ1n) is 4.96. The molecule has 2 heterocycles. The maximum atomic E-state index is 11.0. The molecule has 0 saturated carbocycles. The second-order valence-corrected chi connectivity index (χ2v) is 5.23. The zero-order valence-electron chi connectivity index (χ0n) is 8.98. The van der Waals surface area contributed by atoms with Gasteiger partial charge in [0.1, 0.15) is 9.88 Å². The average molecular weight is 313 g/mol. The number of halogens is 1. The molecule has 0 aliphatic rings. The standard InChI is InChI=1S/C11H9BrN2O2S/c1-2-7-9(11(15)16)17-10(14-7)8-4-3-6(12)5-13-8/h3-5H,2H2,1H3,(H,15,16). The van der Waals surface area contributed by atoms with Gasteiger partial charge in [-0.05, 0) is 34.5 Å². The molecular formula is C11H9BrN2O2S. The van der Waals surface area contributed by atoms with Crippen molar-refractivity contribution in [1.82, 2.24) is 9.97 Å². The summed E-state index contributed by atoms with van der Waals surface area (Å²) in [5, 5.41) is 9.69. The lowest BCUT2D eigenvalue weighted by molar-refractivity contribution is 0.0701. The molecule has 6 heteroatoms. The van der Waals surface area contributed by atoms with Gasteiger partial charge in [0.25, 0.3) is 0 Å². The third-order valence-corrected chi connectivity index (χ3v) is 3.75. The molecule has 0 fully saturated rings. The second-order valence-electron chi connectivity index (χ2n) is 3.32. The van der Waals surface area contributed by atoms with E-state index in [2.05, 4.69) is 25.9 Å². The topological polar surface area (TPSA) is 63.1 Å². The highest BCUT2D eigenvalue weighted by atomic mass is 79.9. The van der Waals surface area contributed by atoms with Crippen molar-refractivity contribution in [2.24, 2.45) is 0 Å². The Bertz CT molecular complexity index is 551. The smallest absolute Gasteiger partial charge is 0.347 e. The van der Waals surface area contributed by atoms with Gasteiger partial charge >= 0.3 is 5.97 Å². The van der Waals surface area contributed by atoms with Crippen molar-refractivity contribution in [2.75, 3.05) is 0 Å². The SMILES string of the molecule is CCc1nc(-c2ccc(Br)cn2)sc1C(=O)O. The lowest BCUT2D eigenvalue weighted by Gasteiger charge is -1.94. The molecule has 2 rings (SSSR count). The van der Waals surface area contributed by atoms with Gasteiger partial charge in [-0.3, -0.25) is 4.98 Å².